The Hall–Kier alpha value is -2.95. The minimum atomic E-state index is -0.965. The molecule has 0 aliphatic carbocycles. The zero-order valence-electron chi connectivity index (χ0n) is 15.3. The van der Waals surface area contributed by atoms with Gasteiger partial charge in [-0.3, -0.25) is 9.59 Å². The SMILES string of the molecule is CCOC(=O)C(=O)CC(=O)/C=C/c1cccn1Cc1ccc(C)cc1C. The second-order valence-corrected chi connectivity index (χ2v) is 6.11. The summed E-state index contributed by atoms with van der Waals surface area (Å²) in [5.74, 6) is -2.22. The van der Waals surface area contributed by atoms with Crippen molar-refractivity contribution in [2.24, 2.45) is 0 Å². The number of aryl methyl sites for hydroxylation is 2. The lowest BCUT2D eigenvalue weighted by molar-refractivity contribution is -0.154. The Morgan fingerprint density at radius 3 is 2.62 bits per heavy atom. The number of rotatable bonds is 8. The third-order valence-electron chi connectivity index (χ3n) is 3.98. The molecule has 2 rings (SSSR count). The summed E-state index contributed by atoms with van der Waals surface area (Å²) in [5, 5.41) is 0. The summed E-state index contributed by atoms with van der Waals surface area (Å²) in [6.07, 6.45) is 4.44. The van der Waals surface area contributed by atoms with Gasteiger partial charge < -0.3 is 9.30 Å². The van der Waals surface area contributed by atoms with Crippen LogP contribution in [0.5, 0.6) is 0 Å². The fourth-order valence-electron chi connectivity index (χ4n) is 2.61. The maximum Gasteiger partial charge on any atom is 0.375 e. The zero-order valence-corrected chi connectivity index (χ0v) is 15.3. The molecule has 0 aliphatic heterocycles. The molecule has 5 heteroatoms. The van der Waals surface area contributed by atoms with Gasteiger partial charge in [-0.2, -0.15) is 0 Å². The van der Waals surface area contributed by atoms with Crippen LogP contribution in [0.15, 0.2) is 42.6 Å². The number of hydrogen-bond donors (Lipinski definition) is 0. The van der Waals surface area contributed by atoms with Gasteiger partial charge in [0.1, 0.15) is 0 Å². The molecule has 0 N–H and O–H groups in total. The predicted molar refractivity (Wildman–Crippen MR) is 99.7 cm³/mol. The molecule has 0 spiro atoms. The minimum absolute atomic E-state index is 0.112. The van der Waals surface area contributed by atoms with E-state index in [0.717, 1.165) is 5.69 Å². The van der Waals surface area contributed by atoms with E-state index in [-0.39, 0.29) is 6.61 Å². The number of hydrogen-bond acceptors (Lipinski definition) is 4. The number of nitrogens with zero attached hydrogens (tertiary/aromatic N) is 1. The van der Waals surface area contributed by atoms with Crippen LogP contribution in [0.25, 0.3) is 6.08 Å². The first kappa shape index (κ1) is 19.4. The molecule has 0 aliphatic rings. The van der Waals surface area contributed by atoms with E-state index >= 15 is 0 Å². The van der Waals surface area contributed by atoms with Crippen molar-refractivity contribution in [3.8, 4) is 0 Å². The number of carbonyl (C=O) groups excluding carboxylic acids is 3. The molecule has 1 aromatic heterocycles. The van der Waals surface area contributed by atoms with E-state index in [2.05, 4.69) is 36.8 Å². The van der Waals surface area contributed by atoms with Crippen LogP contribution in [-0.4, -0.2) is 28.7 Å². The van der Waals surface area contributed by atoms with E-state index in [9.17, 15) is 14.4 Å². The van der Waals surface area contributed by atoms with Crippen molar-refractivity contribution >= 4 is 23.6 Å². The summed E-state index contributed by atoms with van der Waals surface area (Å²) >= 11 is 0. The van der Waals surface area contributed by atoms with E-state index in [0.29, 0.717) is 6.54 Å². The van der Waals surface area contributed by atoms with Gasteiger partial charge in [-0.1, -0.05) is 23.8 Å². The molecule has 0 amide bonds. The summed E-state index contributed by atoms with van der Waals surface area (Å²) < 4.78 is 6.61. The lowest BCUT2D eigenvalue weighted by Gasteiger charge is -2.10. The monoisotopic (exact) mass is 353 g/mol. The molecule has 2 aromatic rings. The normalized spacial score (nSPS) is 10.9. The van der Waals surface area contributed by atoms with Crippen molar-refractivity contribution in [2.75, 3.05) is 6.61 Å². The first-order valence-corrected chi connectivity index (χ1v) is 8.53. The number of Topliss-reactive ketones (excluding diaryl/α,β-unsaturated/α-hetero) is 1. The Labute approximate surface area is 153 Å². The van der Waals surface area contributed by atoms with E-state index in [4.69, 9.17) is 0 Å². The van der Waals surface area contributed by atoms with E-state index in [1.54, 1.807) is 13.0 Å². The number of aromatic nitrogens is 1. The third kappa shape index (κ3) is 5.28. The van der Waals surface area contributed by atoms with Crippen LogP contribution in [0.4, 0.5) is 0 Å². The van der Waals surface area contributed by atoms with Crippen molar-refractivity contribution in [3.63, 3.8) is 0 Å². The summed E-state index contributed by atoms with van der Waals surface area (Å²) in [6, 6.07) is 10.1. The fourth-order valence-corrected chi connectivity index (χ4v) is 2.61. The Bertz CT molecular complexity index is 845. The van der Waals surface area contributed by atoms with E-state index < -0.39 is 24.0 Å². The highest BCUT2D eigenvalue weighted by molar-refractivity contribution is 6.37. The van der Waals surface area contributed by atoms with Crippen molar-refractivity contribution in [1.82, 2.24) is 4.57 Å². The summed E-state index contributed by atoms with van der Waals surface area (Å²) in [5.41, 5.74) is 4.48. The van der Waals surface area contributed by atoms with Gasteiger partial charge >= 0.3 is 5.97 Å². The predicted octanol–water partition coefficient (Wildman–Crippen LogP) is 3.26. The molecule has 0 radical (unpaired) electrons. The van der Waals surface area contributed by atoms with Gasteiger partial charge in [-0.05, 0) is 56.2 Å². The number of ketones is 2. The molecule has 1 aromatic carbocycles. The largest absolute Gasteiger partial charge is 0.460 e. The Morgan fingerprint density at radius 2 is 1.92 bits per heavy atom. The maximum absolute atomic E-state index is 11.9. The summed E-state index contributed by atoms with van der Waals surface area (Å²) in [4.78, 5) is 34.7. The maximum atomic E-state index is 11.9. The quantitative estimate of drug-likeness (QED) is 0.316. The summed E-state index contributed by atoms with van der Waals surface area (Å²) in [6.45, 7) is 6.54. The van der Waals surface area contributed by atoms with Crippen LogP contribution in [0.3, 0.4) is 0 Å². The van der Waals surface area contributed by atoms with E-state index in [1.807, 2.05) is 22.9 Å². The van der Waals surface area contributed by atoms with Gasteiger partial charge in [0.2, 0.25) is 5.78 Å². The first-order valence-electron chi connectivity index (χ1n) is 8.53. The molecular formula is C21H23NO4. The molecule has 0 bridgehead atoms. The molecule has 5 nitrogen and oxygen atoms in total. The molecule has 0 saturated heterocycles. The van der Waals surface area contributed by atoms with Crippen molar-refractivity contribution < 1.29 is 19.1 Å². The smallest absolute Gasteiger partial charge is 0.375 e. The van der Waals surface area contributed by atoms with Crippen molar-refractivity contribution in [3.05, 3.63) is 65.0 Å². The number of ether oxygens (including phenoxy) is 1. The van der Waals surface area contributed by atoms with Crippen molar-refractivity contribution in [2.45, 2.75) is 33.7 Å². The number of benzene rings is 1. The van der Waals surface area contributed by atoms with E-state index in [1.165, 1.54) is 22.8 Å². The molecule has 136 valence electrons. The van der Waals surface area contributed by atoms with Crippen LogP contribution in [0.2, 0.25) is 0 Å². The van der Waals surface area contributed by atoms with Crippen molar-refractivity contribution in [1.29, 1.82) is 0 Å². The Morgan fingerprint density at radius 1 is 1.15 bits per heavy atom. The Kier molecular flexibility index (Phi) is 6.67. The van der Waals surface area contributed by atoms with Crippen LogP contribution in [0, 0.1) is 13.8 Å². The lowest BCUT2D eigenvalue weighted by atomic mass is 10.1. The highest BCUT2D eigenvalue weighted by atomic mass is 16.5. The molecule has 0 fully saturated rings. The lowest BCUT2D eigenvalue weighted by Crippen LogP contribution is -2.19. The van der Waals surface area contributed by atoms with Gasteiger partial charge in [-0.15, -0.1) is 0 Å². The second-order valence-electron chi connectivity index (χ2n) is 6.11. The van der Waals surface area contributed by atoms with Crippen LogP contribution in [0.1, 0.15) is 35.7 Å². The molecule has 0 saturated carbocycles. The van der Waals surface area contributed by atoms with Gasteiger partial charge in [0.05, 0.1) is 13.0 Å². The summed E-state index contributed by atoms with van der Waals surface area (Å²) in [7, 11) is 0. The highest BCUT2D eigenvalue weighted by Gasteiger charge is 2.17. The third-order valence-corrected chi connectivity index (χ3v) is 3.98. The second kappa shape index (κ2) is 8.94. The number of esters is 1. The van der Waals surface area contributed by atoms with Crippen LogP contribution in [-0.2, 0) is 25.7 Å². The van der Waals surface area contributed by atoms with Gasteiger partial charge in [-0.25, -0.2) is 4.79 Å². The van der Waals surface area contributed by atoms with Gasteiger partial charge in [0.15, 0.2) is 5.78 Å². The average Bonchev–Trinajstić information content (AvgIpc) is 3.03. The topological polar surface area (TPSA) is 65.4 Å². The molecule has 1 heterocycles. The van der Waals surface area contributed by atoms with Gasteiger partial charge in [0, 0.05) is 18.4 Å². The minimum Gasteiger partial charge on any atom is -0.460 e. The molecular weight excluding hydrogens is 330 g/mol. The Balaban J connectivity index is 2.03. The standard InChI is InChI=1S/C21H23NO4/c1-4-26-21(25)20(24)13-19(23)10-9-18-6-5-11-22(18)14-17-8-7-15(2)12-16(17)3/h5-12H,4,13-14H2,1-3H3/b10-9+. The number of allylic oxidation sites excluding steroid dienone is 1. The molecule has 26 heavy (non-hydrogen) atoms. The first-order chi connectivity index (χ1) is 12.4. The molecule has 0 atom stereocenters. The zero-order chi connectivity index (χ0) is 19.1. The van der Waals surface area contributed by atoms with Gasteiger partial charge in [0.25, 0.3) is 0 Å². The fraction of sp³-hybridized carbons (Fsp3) is 0.286. The van der Waals surface area contributed by atoms with Crippen LogP contribution < -0.4 is 0 Å². The average molecular weight is 353 g/mol. The number of carbonyl (C=O) groups is 3. The van der Waals surface area contributed by atoms with Crippen LogP contribution >= 0.6 is 0 Å². The highest BCUT2D eigenvalue weighted by Crippen LogP contribution is 2.15. The molecule has 0 unspecified atom stereocenters.